The van der Waals surface area contributed by atoms with Gasteiger partial charge in [0.1, 0.15) is 0 Å². The van der Waals surface area contributed by atoms with Crippen molar-refractivity contribution in [1.82, 2.24) is 0 Å². The number of unbranched alkanes of at least 4 members (excludes halogenated alkanes) is 14. The molecule has 0 saturated carbocycles. The van der Waals surface area contributed by atoms with E-state index in [2.05, 4.69) is 27.2 Å². The van der Waals surface area contributed by atoms with Gasteiger partial charge in [0.15, 0.2) is 0 Å². The molecule has 1 heteroatoms. The maximum absolute atomic E-state index is 2.60. The second-order valence-corrected chi connectivity index (χ2v) is 13.9. The van der Waals surface area contributed by atoms with Gasteiger partial charge in [-0.3, -0.25) is 0 Å². The van der Waals surface area contributed by atoms with Gasteiger partial charge in [0, 0.05) is 0 Å². The summed E-state index contributed by atoms with van der Waals surface area (Å²) >= 11 is 0. The average molecular weight is 345 g/mol. The van der Waals surface area contributed by atoms with Crippen LogP contribution in [0, 0.1) is 0 Å². The van der Waals surface area contributed by atoms with Crippen molar-refractivity contribution in [2.45, 2.75) is 117 Å². The molecule has 0 aliphatic rings. The van der Waals surface area contributed by atoms with Crippen molar-refractivity contribution in [2.24, 2.45) is 0 Å². The summed E-state index contributed by atoms with van der Waals surface area (Å²) < 4.78 is 0. The van der Waals surface area contributed by atoms with Crippen molar-refractivity contribution in [3.8, 4) is 0 Å². The SMILES string of the molecule is CCCCCCCCCCCCCCCC[PH](C)(C)CCCC. The molecule has 142 valence electrons. The zero-order chi connectivity index (χ0) is 17.2. The van der Waals surface area contributed by atoms with E-state index in [-0.39, 0.29) is 0 Å². The third-order valence-corrected chi connectivity index (χ3v) is 8.83. The van der Waals surface area contributed by atoms with Crippen molar-refractivity contribution in [2.75, 3.05) is 25.7 Å². The number of rotatable bonds is 18. The molecule has 0 aliphatic carbocycles. The van der Waals surface area contributed by atoms with E-state index in [1.807, 2.05) is 0 Å². The molecule has 0 aliphatic heterocycles. The van der Waals surface area contributed by atoms with E-state index in [4.69, 9.17) is 0 Å². The van der Waals surface area contributed by atoms with Crippen molar-refractivity contribution < 1.29 is 0 Å². The fraction of sp³-hybridized carbons (Fsp3) is 1.00. The molecular formula is C22H49P. The molecule has 0 radical (unpaired) electrons. The molecule has 0 fully saturated rings. The summed E-state index contributed by atoms with van der Waals surface area (Å²) in [6, 6.07) is 0. The molecule has 0 heterocycles. The van der Waals surface area contributed by atoms with Gasteiger partial charge in [-0.05, 0) is 0 Å². The predicted molar refractivity (Wildman–Crippen MR) is 115 cm³/mol. The fourth-order valence-corrected chi connectivity index (χ4v) is 6.35. The zero-order valence-electron chi connectivity index (χ0n) is 17.2. The molecule has 0 bridgehead atoms. The van der Waals surface area contributed by atoms with Gasteiger partial charge in [-0.2, -0.15) is 0 Å². The van der Waals surface area contributed by atoms with Crippen LogP contribution in [0.5, 0.6) is 0 Å². The topological polar surface area (TPSA) is 0 Å². The summed E-state index contributed by atoms with van der Waals surface area (Å²) in [6.07, 6.45) is 26.7. The van der Waals surface area contributed by atoms with Crippen molar-refractivity contribution >= 4 is 7.26 Å². The van der Waals surface area contributed by atoms with Crippen LogP contribution in [0.15, 0.2) is 0 Å². The summed E-state index contributed by atoms with van der Waals surface area (Å²) in [7, 11) is -0.827. The van der Waals surface area contributed by atoms with Crippen LogP contribution in [0.2, 0.25) is 0 Å². The van der Waals surface area contributed by atoms with Gasteiger partial charge in [0.2, 0.25) is 0 Å². The van der Waals surface area contributed by atoms with Crippen molar-refractivity contribution in [1.29, 1.82) is 0 Å². The van der Waals surface area contributed by atoms with E-state index in [9.17, 15) is 0 Å². The van der Waals surface area contributed by atoms with Crippen LogP contribution in [0.3, 0.4) is 0 Å². The Morgan fingerprint density at radius 3 is 1.09 bits per heavy atom. The Balaban J connectivity index is 3.16. The van der Waals surface area contributed by atoms with Crippen LogP contribution in [0.1, 0.15) is 117 Å². The molecule has 0 nitrogen and oxygen atoms in total. The summed E-state index contributed by atoms with van der Waals surface area (Å²) in [6.45, 7) is 9.84. The summed E-state index contributed by atoms with van der Waals surface area (Å²) in [5.41, 5.74) is 0. The fourth-order valence-electron chi connectivity index (χ4n) is 3.58. The quantitative estimate of drug-likeness (QED) is 0.173. The minimum atomic E-state index is -0.827. The predicted octanol–water partition coefficient (Wildman–Crippen LogP) is 8.28. The molecule has 0 spiro atoms. The van der Waals surface area contributed by atoms with Crippen LogP contribution in [0.25, 0.3) is 0 Å². The van der Waals surface area contributed by atoms with Crippen LogP contribution in [0.4, 0.5) is 0 Å². The molecule has 0 aromatic heterocycles. The monoisotopic (exact) mass is 344 g/mol. The van der Waals surface area contributed by atoms with Crippen LogP contribution in [-0.4, -0.2) is 25.7 Å². The van der Waals surface area contributed by atoms with E-state index < -0.39 is 7.26 Å². The molecule has 0 amide bonds. The molecule has 23 heavy (non-hydrogen) atoms. The molecule has 0 aromatic carbocycles. The summed E-state index contributed by atoms with van der Waals surface area (Å²) in [5.74, 6) is 0. The van der Waals surface area contributed by atoms with E-state index in [0.29, 0.717) is 0 Å². The number of hydrogen-bond donors (Lipinski definition) is 0. The summed E-state index contributed by atoms with van der Waals surface area (Å²) in [5, 5.41) is 0. The average Bonchev–Trinajstić information content (AvgIpc) is 2.53. The van der Waals surface area contributed by atoms with Gasteiger partial charge in [-0.1, -0.05) is 26.2 Å². The molecule has 0 saturated heterocycles. The van der Waals surface area contributed by atoms with Gasteiger partial charge >= 0.3 is 123 Å². The van der Waals surface area contributed by atoms with Gasteiger partial charge in [0.05, 0.1) is 0 Å². The van der Waals surface area contributed by atoms with Crippen molar-refractivity contribution in [3.05, 3.63) is 0 Å². The Morgan fingerprint density at radius 2 is 0.696 bits per heavy atom. The maximum atomic E-state index is 2.60. The molecule has 0 rings (SSSR count). The van der Waals surface area contributed by atoms with E-state index in [0.717, 1.165) is 0 Å². The Labute approximate surface area is 149 Å². The van der Waals surface area contributed by atoms with Crippen LogP contribution in [-0.2, 0) is 0 Å². The second kappa shape index (κ2) is 17.3. The molecular weight excluding hydrogens is 295 g/mol. The van der Waals surface area contributed by atoms with Crippen LogP contribution < -0.4 is 0 Å². The Morgan fingerprint density at radius 1 is 0.391 bits per heavy atom. The van der Waals surface area contributed by atoms with Crippen molar-refractivity contribution in [3.63, 3.8) is 0 Å². The third kappa shape index (κ3) is 18.6. The third-order valence-electron chi connectivity index (χ3n) is 5.41. The molecule has 0 unspecified atom stereocenters. The Kier molecular flexibility index (Phi) is 17.6. The van der Waals surface area contributed by atoms with Gasteiger partial charge < -0.3 is 0 Å². The Hall–Kier alpha value is 0.430. The molecule has 0 N–H and O–H groups in total. The molecule has 0 atom stereocenters. The first kappa shape index (κ1) is 23.4. The van der Waals surface area contributed by atoms with Gasteiger partial charge in [0.25, 0.3) is 0 Å². The second-order valence-electron chi connectivity index (χ2n) is 8.61. The zero-order valence-corrected chi connectivity index (χ0v) is 18.2. The first-order chi connectivity index (χ1) is 11.1. The standard InChI is InChI=1S/C22H49P/c1-5-7-9-10-11-12-13-14-15-16-17-18-19-20-22-23(3,4)21-8-6-2/h23H,5-22H2,1-4H3. The first-order valence-electron chi connectivity index (χ1n) is 11.1. The van der Waals surface area contributed by atoms with Crippen LogP contribution >= 0.6 is 7.26 Å². The Bertz CT molecular complexity index is 222. The minimum absolute atomic E-state index is 0.827. The summed E-state index contributed by atoms with van der Waals surface area (Å²) in [4.78, 5) is 0. The van der Waals surface area contributed by atoms with E-state index in [1.54, 1.807) is 12.3 Å². The number of hydrogen-bond acceptors (Lipinski definition) is 0. The van der Waals surface area contributed by atoms with Gasteiger partial charge in [-0.25, -0.2) is 0 Å². The van der Waals surface area contributed by atoms with Gasteiger partial charge in [-0.15, -0.1) is 0 Å². The van der Waals surface area contributed by atoms with E-state index >= 15 is 0 Å². The first-order valence-corrected chi connectivity index (χ1v) is 14.5. The molecule has 0 aromatic rings. The normalized spacial score (nSPS) is 12.7. The van der Waals surface area contributed by atoms with E-state index in [1.165, 1.54) is 103 Å².